The van der Waals surface area contributed by atoms with Crippen LogP contribution in [0.2, 0.25) is 0 Å². The predicted octanol–water partition coefficient (Wildman–Crippen LogP) is 5.71. The second kappa shape index (κ2) is 6.60. The second-order valence-electron chi connectivity index (χ2n) is 6.57. The van der Waals surface area contributed by atoms with Crippen molar-refractivity contribution in [3.05, 3.63) is 68.9 Å². The van der Waals surface area contributed by atoms with Crippen molar-refractivity contribution in [1.82, 2.24) is 0 Å². The molecule has 1 aliphatic rings. The fourth-order valence-corrected chi connectivity index (χ4v) is 4.82. The maximum Gasteiger partial charge on any atom is 0.191 e. The first-order valence-corrected chi connectivity index (χ1v) is 9.47. The molecule has 2 aromatic carbocycles. The molecule has 0 fully saturated rings. The van der Waals surface area contributed by atoms with Gasteiger partial charge in [0.25, 0.3) is 0 Å². The standard InChI is InChI=1S/C21H19FO2S/c1-2-13-6-8-17-19(10-13)25-20-12-16(7-9-18(20)21(17)23)24-15-5-3-4-14(22)11-15/h3-5,7,9,11-13H,2,6,8,10H2,1H3. The lowest BCUT2D eigenvalue weighted by Crippen LogP contribution is -2.20. The van der Waals surface area contributed by atoms with Gasteiger partial charge in [-0.05, 0) is 55.5 Å². The number of halogens is 1. The van der Waals surface area contributed by atoms with Crippen molar-refractivity contribution in [2.75, 3.05) is 0 Å². The van der Waals surface area contributed by atoms with E-state index in [9.17, 15) is 9.18 Å². The second-order valence-corrected chi connectivity index (χ2v) is 7.70. The Morgan fingerprint density at radius 1 is 1.20 bits per heavy atom. The van der Waals surface area contributed by atoms with E-state index in [0.29, 0.717) is 17.4 Å². The number of ether oxygens (including phenoxy) is 1. The highest BCUT2D eigenvalue weighted by Crippen LogP contribution is 2.34. The zero-order chi connectivity index (χ0) is 17.4. The SMILES string of the molecule is CCC1CCc2c(sc3cc(Oc4cccc(F)c4)ccc3c2=O)C1. The van der Waals surface area contributed by atoms with Gasteiger partial charge in [-0.25, -0.2) is 4.39 Å². The van der Waals surface area contributed by atoms with Crippen LogP contribution >= 0.6 is 11.3 Å². The number of hydrogen-bond acceptors (Lipinski definition) is 3. The molecule has 128 valence electrons. The normalized spacial score (nSPS) is 16.6. The fourth-order valence-electron chi connectivity index (χ4n) is 3.47. The lowest BCUT2D eigenvalue weighted by atomic mass is 9.87. The van der Waals surface area contributed by atoms with Crippen molar-refractivity contribution < 1.29 is 9.13 Å². The summed E-state index contributed by atoms with van der Waals surface area (Å²) in [5.41, 5.74) is 1.16. The molecule has 1 aliphatic carbocycles. The van der Waals surface area contributed by atoms with Crippen molar-refractivity contribution in [3.8, 4) is 11.5 Å². The number of rotatable bonds is 3. The first kappa shape index (κ1) is 16.3. The molecule has 4 rings (SSSR count). The Labute approximate surface area is 149 Å². The van der Waals surface area contributed by atoms with E-state index in [1.165, 1.54) is 17.0 Å². The molecule has 0 saturated heterocycles. The third-order valence-corrected chi connectivity index (χ3v) is 6.14. The topological polar surface area (TPSA) is 26.3 Å². The molecule has 0 radical (unpaired) electrons. The highest BCUT2D eigenvalue weighted by Gasteiger charge is 2.21. The molecule has 4 heteroatoms. The summed E-state index contributed by atoms with van der Waals surface area (Å²) in [4.78, 5) is 14.0. The number of benzene rings is 2. The van der Waals surface area contributed by atoms with Gasteiger partial charge in [-0.15, -0.1) is 11.3 Å². The van der Waals surface area contributed by atoms with Gasteiger partial charge in [-0.2, -0.15) is 0 Å². The Bertz CT molecular complexity index is 993. The average molecular weight is 354 g/mol. The van der Waals surface area contributed by atoms with Crippen LogP contribution in [0.3, 0.4) is 0 Å². The summed E-state index contributed by atoms with van der Waals surface area (Å²) in [5, 5.41) is 0.755. The largest absolute Gasteiger partial charge is 0.457 e. The first-order chi connectivity index (χ1) is 12.1. The van der Waals surface area contributed by atoms with E-state index < -0.39 is 0 Å². The molecule has 0 aliphatic heterocycles. The highest BCUT2D eigenvalue weighted by atomic mass is 32.1. The zero-order valence-corrected chi connectivity index (χ0v) is 14.9. The van der Waals surface area contributed by atoms with E-state index >= 15 is 0 Å². The van der Waals surface area contributed by atoms with Gasteiger partial charge < -0.3 is 4.74 Å². The van der Waals surface area contributed by atoms with E-state index in [-0.39, 0.29) is 11.2 Å². The van der Waals surface area contributed by atoms with Crippen LogP contribution < -0.4 is 10.2 Å². The van der Waals surface area contributed by atoms with Crippen LogP contribution in [0.15, 0.2) is 47.3 Å². The molecule has 0 saturated carbocycles. The molecule has 1 unspecified atom stereocenters. The monoisotopic (exact) mass is 354 g/mol. The molecule has 1 atom stereocenters. The van der Waals surface area contributed by atoms with Crippen LogP contribution in [-0.4, -0.2) is 0 Å². The Balaban J connectivity index is 1.74. The Morgan fingerprint density at radius 2 is 2.04 bits per heavy atom. The lowest BCUT2D eigenvalue weighted by Gasteiger charge is -2.22. The third kappa shape index (κ3) is 3.19. The highest BCUT2D eigenvalue weighted by molar-refractivity contribution is 7.18. The quantitative estimate of drug-likeness (QED) is 0.602. The summed E-state index contributed by atoms with van der Waals surface area (Å²) in [7, 11) is 0. The van der Waals surface area contributed by atoms with Gasteiger partial charge in [0, 0.05) is 26.6 Å². The van der Waals surface area contributed by atoms with Gasteiger partial charge >= 0.3 is 0 Å². The molecule has 1 heterocycles. The first-order valence-electron chi connectivity index (χ1n) is 8.66. The number of fused-ring (bicyclic) bond motifs is 2. The predicted molar refractivity (Wildman–Crippen MR) is 100 cm³/mol. The molecule has 0 N–H and O–H groups in total. The number of hydrogen-bond donors (Lipinski definition) is 0. The summed E-state index contributed by atoms with van der Waals surface area (Å²) < 4.78 is 20.0. The van der Waals surface area contributed by atoms with Crippen molar-refractivity contribution in [1.29, 1.82) is 0 Å². The van der Waals surface area contributed by atoms with Crippen LogP contribution in [-0.2, 0) is 12.8 Å². The third-order valence-electron chi connectivity index (χ3n) is 4.93. The van der Waals surface area contributed by atoms with E-state index in [0.717, 1.165) is 41.3 Å². The molecule has 0 spiro atoms. The van der Waals surface area contributed by atoms with Gasteiger partial charge in [0.05, 0.1) is 0 Å². The molecule has 1 aromatic heterocycles. The van der Waals surface area contributed by atoms with E-state index in [4.69, 9.17) is 4.74 Å². The minimum atomic E-state index is -0.331. The van der Waals surface area contributed by atoms with Gasteiger partial charge in [-0.1, -0.05) is 19.4 Å². The minimum absolute atomic E-state index is 0.163. The maximum atomic E-state index is 13.3. The van der Waals surface area contributed by atoms with Gasteiger partial charge in [0.2, 0.25) is 0 Å². The summed E-state index contributed by atoms with van der Waals surface area (Å²) in [5.74, 6) is 1.42. The molecular weight excluding hydrogens is 335 g/mol. The molecule has 3 aromatic rings. The summed E-state index contributed by atoms with van der Waals surface area (Å²) in [6.07, 6.45) is 4.15. The van der Waals surface area contributed by atoms with Crippen LogP contribution in [0.4, 0.5) is 4.39 Å². The molecule has 25 heavy (non-hydrogen) atoms. The van der Waals surface area contributed by atoms with Gasteiger partial charge in [-0.3, -0.25) is 4.79 Å². The molecule has 0 amide bonds. The lowest BCUT2D eigenvalue weighted by molar-refractivity contribution is 0.448. The van der Waals surface area contributed by atoms with Gasteiger partial charge in [0.15, 0.2) is 5.43 Å². The van der Waals surface area contributed by atoms with Crippen LogP contribution in [0.1, 0.15) is 30.2 Å². The van der Waals surface area contributed by atoms with E-state index in [2.05, 4.69) is 6.92 Å². The smallest absolute Gasteiger partial charge is 0.191 e. The maximum absolute atomic E-state index is 13.3. The van der Waals surface area contributed by atoms with Crippen LogP contribution in [0.25, 0.3) is 10.1 Å². The summed E-state index contributed by atoms with van der Waals surface area (Å²) >= 11 is 1.70. The van der Waals surface area contributed by atoms with Crippen LogP contribution in [0.5, 0.6) is 11.5 Å². The van der Waals surface area contributed by atoms with Crippen molar-refractivity contribution in [2.24, 2.45) is 5.92 Å². The minimum Gasteiger partial charge on any atom is -0.457 e. The van der Waals surface area contributed by atoms with Crippen molar-refractivity contribution >= 4 is 21.4 Å². The zero-order valence-electron chi connectivity index (χ0n) is 14.0. The van der Waals surface area contributed by atoms with Crippen molar-refractivity contribution in [3.63, 3.8) is 0 Å². The Hall–Kier alpha value is -2.20. The fraction of sp³-hybridized carbons (Fsp3) is 0.286. The Kier molecular flexibility index (Phi) is 4.30. The summed E-state index contributed by atoms with van der Waals surface area (Å²) in [6.45, 7) is 2.21. The van der Waals surface area contributed by atoms with Crippen LogP contribution in [0, 0.1) is 11.7 Å². The average Bonchev–Trinajstić information content (AvgIpc) is 2.61. The Morgan fingerprint density at radius 3 is 2.84 bits per heavy atom. The van der Waals surface area contributed by atoms with Gasteiger partial charge in [0.1, 0.15) is 17.3 Å². The molecule has 2 nitrogen and oxygen atoms in total. The van der Waals surface area contributed by atoms with Crippen molar-refractivity contribution in [2.45, 2.75) is 32.6 Å². The summed E-state index contributed by atoms with van der Waals surface area (Å²) in [6, 6.07) is 11.6. The van der Waals surface area contributed by atoms with E-state index in [1.807, 2.05) is 12.1 Å². The molecule has 0 bridgehead atoms. The molecular formula is C21H19FO2S. The van der Waals surface area contributed by atoms with E-state index in [1.54, 1.807) is 29.5 Å².